The molecule has 1 rings (SSSR count). The normalized spacial score (nSPS) is 11.8. The summed E-state index contributed by atoms with van der Waals surface area (Å²) in [6, 6.07) is 4.80. The van der Waals surface area contributed by atoms with E-state index in [-0.39, 0.29) is 12.2 Å². The van der Waals surface area contributed by atoms with E-state index < -0.39 is 5.97 Å². The Hall–Kier alpha value is -0.490. The molecule has 0 saturated carbocycles. The summed E-state index contributed by atoms with van der Waals surface area (Å²) in [6.45, 7) is 0. The quantitative estimate of drug-likeness (QED) is 0.781. The molecule has 90 valence electrons. The van der Waals surface area contributed by atoms with Crippen molar-refractivity contribution in [1.82, 2.24) is 0 Å². The molecule has 0 heterocycles. The Kier molecular flexibility index (Phi) is 4.86. The van der Waals surface area contributed by atoms with Crippen LogP contribution in [0.15, 0.2) is 22.7 Å². The average molecular weight is 293 g/mol. The highest BCUT2D eigenvalue weighted by molar-refractivity contribution is 9.10. The van der Waals surface area contributed by atoms with Gasteiger partial charge in [0.25, 0.3) is 5.97 Å². The van der Waals surface area contributed by atoms with Crippen molar-refractivity contribution < 1.29 is 18.6 Å². The molecular formula is C11H14BrFO3. The Labute approximate surface area is 103 Å². The second kappa shape index (κ2) is 5.72. The minimum Gasteiger partial charge on any atom is -0.331 e. The highest BCUT2D eigenvalue weighted by Gasteiger charge is 2.31. The third kappa shape index (κ3) is 3.01. The second-order valence-corrected chi connectivity index (χ2v) is 4.12. The second-order valence-electron chi connectivity index (χ2n) is 3.21. The fraction of sp³-hybridized carbons (Fsp3) is 0.455. The molecule has 0 spiro atoms. The van der Waals surface area contributed by atoms with Gasteiger partial charge in [0.05, 0.1) is 6.42 Å². The van der Waals surface area contributed by atoms with E-state index in [4.69, 9.17) is 14.2 Å². The van der Waals surface area contributed by atoms with Crippen LogP contribution in [0, 0.1) is 5.82 Å². The van der Waals surface area contributed by atoms with E-state index >= 15 is 0 Å². The van der Waals surface area contributed by atoms with E-state index in [1.54, 1.807) is 12.1 Å². The van der Waals surface area contributed by atoms with E-state index in [2.05, 4.69) is 15.9 Å². The summed E-state index contributed by atoms with van der Waals surface area (Å²) < 4.78 is 29.6. The summed E-state index contributed by atoms with van der Waals surface area (Å²) in [5.74, 6) is -1.57. The molecule has 0 fully saturated rings. The fourth-order valence-corrected chi connectivity index (χ4v) is 1.70. The number of methoxy groups -OCH3 is 3. The molecule has 0 bridgehead atoms. The van der Waals surface area contributed by atoms with E-state index in [9.17, 15) is 4.39 Å². The van der Waals surface area contributed by atoms with E-state index in [0.29, 0.717) is 10.0 Å². The first kappa shape index (κ1) is 13.6. The van der Waals surface area contributed by atoms with Gasteiger partial charge in [0.1, 0.15) is 5.82 Å². The van der Waals surface area contributed by atoms with Crippen LogP contribution in [-0.2, 0) is 20.6 Å². The van der Waals surface area contributed by atoms with Crippen molar-refractivity contribution in [1.29, 1.82) is 0 Å². The Bertz CT molecular complexity index is 345. The first-order valence-corrected chi connectivity index (χ1v) is 5.45. The molecule has 0 saturated heterocycles. The van der Waals surface area contributed by atoms with Crippen LogP contribution in [0.3, 0.4) is 0 Å². The van der Waals surface area contributed by atoms with Crippen LogP contribution >= 0.6 is 15.9 Å². The van der Waals surface area contributed by atoms with Crippen molar-refractivity contribution in [2.75, 3.05) is 21.3 Å². The molecular weight excluding hydrogens is 279 g/mol. The number of hydrogen-bond donors (Lipinski definition) is 0. The van der Waals surface area contributed by atoms with Crippen LogP contribution in [0.4, 0.5) is 4.39 Å². The molecule has 5 heteroatoms. The van der Waals surface area contributed by atoms with Gasteiger partial charge in [-0.2, -0.15) is 0 Å². The molecule has 3 nitrogen and oxygen atoms in total. The Balaban J connectivity index is 2.93. The number of benzene rings is 1. The summed E-state index contributed by atoms with van der Waals surface area (Å²) in [6.07, 6.45) is 0.176. The maximum absolute atomic E-state index is 13.6. The van der Waals surface area contributed by atoms with Crippen LogP contribution < -0.4 is 0 Å². The van der Waals surface area contributed by atoms with Gasteiger partial charge in [-0.15, -0.1) is 0 Å². The third-order valence-corrected chi connectivity index (χ3v) is 2.85. The van der Waals surface area contributed by atoms with Crippen molar-refractivity contribution in [3.63, 3.8) is 0 Å². The summed E-state index contributed by atoms with van der Waals surface area (Å²) in [4.78, 5) is 0. The number of halogens is 2. The molecule has 0 aliphatic heterocycles. The molecule has 16 heavy (non-hydrogen) atoms. The van der Waals surface area contributed by atoms with E-state index in [1.165, 1.54) is 27.4 Å². The molecule has 1 aromatic carbocycles. The van der Waals surface area contributed by atoms with Gasteiger partial charge in [-0.05, 0) is 17.7 Å². The Morgan fingerprint density at radius 1 is 1.19 bits per heavy atom. The standard InChI is InChI=1S/C11H14BrFO3/c1-14-11(15-2,16-3)7-8-4-5-9(12)6-10(8)13/h4-6H,7H2,1-3H3. The minimum absolute atomic E-state index is 0.176. The third-order valence-electron chi connectivity index (χ3n) is 2.36. The topological polar surface area (TPSA) is 27.7 Å². The zero-order chi connectivity index (χ0) is 12.2. The maximum atomic E-state index is 13.6. The molecule has 0 amide bonds. The molecule has 0 radical (unpaired) electrons. The highest BCUT2D eigenvalue weighted by atomic mass is 79.9. The molecule has 0 atom stereocenters. The van der Waals surface area contributed by atoms with Gasteiger partial charge >= 0.3 is 0 Å². The minimum atomic E-state index is -1.24. The van der Waals surface area contributed by atoms with Crippen molar-refractivity contribution >= 4 is 15.9 Å². The molecule has 0 aliphatic rings. The SMILES string of the molecule is COC(Cc1ccc(Br)cc1F)(OC)OC. The smallest absolute Gasteiger partial charge is 0.286 e. The van der Waals surface area contributed by atoms with E-state index in [1.807, 2.05) is 0 Å². The first-order valence-electron chi connectivity index (χ1n) is 4.66. The lowest BCUT2D eigenvalue weighted by Gasteiger charge is -2.28. The van der Waals surface area contributed by atoms with Crippen molar-refractivity contribution in [3.8, 4) is 0 Å². The van der Waals surface area contributed by atoms with Gasteiger partial charge in [-0.3, -0.25) is 0 Å². The van der Waals surface area contributed by atoms with Crippen LogP contribution in [0.25, 0.3) is 0 Å². The lowest BCUT2D eigenvalue weighted by molar-refractivity contribution is -0.351. The molecule has 0 N–H and O–H groups in total. The zero-order valence-corrected chi connectivity index (χ0v) is 11.0. The average Bonchev–Trinajstić information content (AvgIpc) is 2.29. The van der Waals surface area contributed by atoms with Gasteiger partial charge in [-0.25, -0.2) is 4.39 Å². The predicted molar refractivity (Wildman–Crippen MR) is 61.6 cm³/mol. The number of ether oxygens (including phenoxy) is 3. The van der Waals surface area contributed by atoms with Gasteiger partial charge in [0.15, 0.2) is 0 Å². The monoisotopic (exact) mass is 292 g/mol. The van der Waals surface area contributed by atoms with Gasteiger partial charge in [0, 0.05) is 25.8 Å². The molecule has 1 aromatic rings. The Morgan fingerprint density at radius 2 is 1.75 bits per heavy atom. The fourth-order valence-electron chi connectivity index (χ4n) is 1.36. The van der Waals surface area contributed by atoms with Gasteiger partial charge in [0.2, 0.25) is 0 Å². The lowest BCUT2D eigenvalue weighted by Crippen LogP contribution is -2.38. The highest BCUT2D eigenvalue weighted by Crippen LogP contribution is 2.23. The largest absolute Gasteiger partial charge is 0.331 e. The zero-order valence-electron chi connectivity index (χ0n) is 9.42. The number of rotatable bonds is 5. The van der Waals surface area contributed by atoms with E-state index in [0.717, 1.165) is 0 Å². The predicted octanol–water partition coefficient (Wildman–Crippen LogP) is 2.72. The van der Waals surface area contributed by atoms with Crippen molar-refractivity contribution in [2.45, 2.75) is 12.4 Å². The number of hydrogen-bond acceptors (Lipinski definition) is 3. The first-order chi connectivity index (χ1) is 7.56. The molecule has 0 aliphatic carbocycles. The van der Waals surface area contributed by atoms with Crippen LogP contribution in [0.5, 0.6) is 0 Å². The summed E-state index contributed by atoms with van der Waals surface area (Å²) in [7, 11) is 4.34. The van der Waals surface area contributed by atoms with Gasteiger partial charge < -0.3 is 14.2 Å². The Morgan fingerprint density at radius 3 is 2.19 bits per heavy atom. The van der Waals surface area contributed by atoms with Crippen molar-refractivity contribution in [2.24, 2.45) is 0 Å². The summed E-state index contributed by atoms with van der Waals surface area (Å²) in [5, 5.41) is 0. The van der Waals surface area contributed by atoms with Crippen LogP contribution in [-0.4, -0.2) is 27.3 Å². The van der Waals surface area contributed by atoms with Gasteiger partial charge in [-0.1, -0.05) is 22.0 Å². The molecule has 0 aromatic heterocycles. The summed E-state index contributed by atoms with van der Waals surface area (Å²) in [5.41, 5.74) is 0.466. The van der Waals surface area contributed by atoms with Crippen molar-refractivity contribution in [3.05, 3.63) is 34.1 Å². The van der Waals surface area contributed by atoms with Crippen LogP contribution in [0.1, 0.15) is 5.56 Å². The maximum Gasteiger partial charge on any atom is 0.286 e. The van der Waals surface area contributed by atoms with Crippen LogP contribution in [0.2, 0.25) is 0 Å². The summed E-state index contributed by atoms with van der Waals surface area (Å²) >= 11 is 3.19. The lowest BCUT2D eigenvalue weighted by atomic mass is 10.1. The molecule has 0 unspecified atom stereocenters.